The molecule has 0 fully saturated rings. The Hall–Kier alpha value is -0.750. The summed E-state index contributed by atoms with van der Waals surface area (Å²) >= 11 is 7.21. The van der Waals surface area contributed by atoms with Crippen LogP contribution in [0.25, 0.3) is 0 Å². The van der Waals surface area contributed by atoms with Crippen molar-refractivity contribution in [3.63, 3.8) is 0 Å². The highest BCUT2D eigenvalue weighted by molar-refractivity contribution is 9.09. The van der Waals surface area contributed by atoms with Gasteiger partial charge < -0.3 is 4.74 Å². The van der Waals surface area contributed by atoms with E-state index in [1.165, 1.54) is 12.1 Å². The van der Waals surface area contributed by atoms with Gasteiger partial charge in [0.2, 0.25) is 0 Å². The predicted octanol–water partition coefficient (Wildman–Crippen LogP) is 3.73. The highest BCUT2D eigenvalue weighted by Gasteiger charge is 2.41. The van der Waals surface area contributed by atoms with Gasteiger partial charge in [-0.3, -0.25) is 4.79 Å². The normalized spacial score (nSPS) is 13.3. The van der Waals surface area contributed by atoms with Crippen molar-refractivity contribution in [2.45, 2.75) is 11.2 Å². The molecule has 0 saturated carbocycles. The summed E-state index contributed by atoms with van der Waals surface area (Å²) in [5.41, 5.74) is -0.0139. The van der Waals surface area contributed by atoms with Crippen LogP contribution >= 0.6 is 27.5 Å². The van der Waals surface area contributed by atoms with Crippen LogP contribution in [0, 0.1) is 0 Å². The summed E-state index contributed by atoms with van der Waals surface area (Å²) in [6.45, 7) is 0. The number of carbonyl (C=O) groups excluding carboxylic acids is 1. The lowest BCUT2D eigenvalue weighted by Crippen LogP contribution is -2.32. The minimum atomic E-state index is -4.02. The summed E-state index contributed by atoms with van der Waals surface area (Å²) in [6.07, 6.45) is -4.02. The van der Waals surface area contributed by atoms with Crippen molar-refractivity contribution in [2.75, 3.05) is 0 Å². The molecule has 1 rings (SSSR count). The van der Waals surface area contributed by atoms with Crippen LogP contribution in [0.4, 0.5) is 13.2 Å². The number of hydrogen-bond donors (Lipinski definition) is 0. The van der Waals surface area contributed by atoms with Crippen molar-refractivity contribution in [1.82, 2.24) is 0 Å². The van der Waals surface area contributed by atoms with Crippen LogP contribution in [0.2, 0.25) is 0 Å². The van der Waals surface area contributed by atoms with Crippen molar-refractivity contribution in [3.8, 4) is 5.75 Å². The molecule has 0 aliphatic rings. The van der Waals surface area contributed by atoms with Crippen LogP contribution in [0.5, 0.6) is 5.75 Å². The third kappa shape index (κ3) is 3.38. The number of carbonyl (C=O) groups is 1. The first kappa shape index (κ1) is 13.3. The highest BCUT2D eigenvalue weighted by Crippen LogP contribution is 2.30. The van der Waals surface area contributed by atoms with E-state index in [-0.39, 0.29) is 11.3 Å². The van der Waals surface area contributed by atoms with Gasteiger partial charge in [-0.25, -0.2) is 4.39 Å². The Kier molecular flexibility index (Phi) is 4.21. The van der Waals surface area contributed by atoms with Crippen LogP contribution in [-0.2, 0) is 0 Å². The van der Waals surface area contributed by atoms with E-state index in [0.717, 1.165) is 12.1 Å². The Labute approximate surface area is 102 Å². The van der Waals surface area contributed by atoms with E-state index < -0.39 is 16.4 Å². The monoisotopic (exact) mass is 316 g/mol. The second-order valence-corrected chi connectivity index (χ2v) is 3.91. The zero-order chi connectivity index (χ0) is 12.3. The van der Waals surface area contributed by atoms with Gasteiger partial charge in [0.1, 0.15) is 5.75 Å². The SMILES string of the molecule is O=C(Cl)c1cccc(OC(F)(F)C(F)Br)c1. The molecule has 0 N–H and O–H groups in total. The van der Waals surface area contributed by atoms with Gasteiger partial charge >= 0.3 is 6.11 Å². The number of ether oxygens (including phenoxy) is 1. The second-order valence-electron chi connectivity index (χ2n) is 2.77. The van der Waals surface area contributed by atoms with E-state index in [9.17, 15) is 18.0 Å². The van der Waals surface area contributed by atoms with Crippen molar-refractivity contribution in [1.29, 1.82) is 0 Å². The van der Waals surface area contributed by atoms with Crippen molar-refractivity contribution in [2.24, 2.45) is 0 Å². The summed E-state index contributed by atoms with van der Waals surface area (Å²) in [6, 6.07) is 4.77. The Morgan fingerprint density at radius 1 is 1.50 bits per heavy atom. The molecular formula is C9H5BrClF3O2. The summed E-state index contributed by atoms with van der Waals surface area (Å²) in [5, 5.41) is -3.46. The average Bonchev–Trinajstić information content (AvgIpc) is 2.17. The van der Waals surface area contributed by atoms with E-state index in [1.54, 1.807) is 0 Å². The molecule has 7 heteroatoms. The standard InChI is InChI=1S/C9H5BrClF3O2/c10-8(12)9(13,14)16-6-3-1-2-5(4-6)7(11)15/h1-4,8H. The Morgan fingerprint density at radius 2 is 2.12 bits per heavy atom. The smallest absolute Gasteiger partial charge is 0.430 e. The largest absolute Gasteiger partial charge is 0.440 e. The molecule has 0 spiro atoms. The minimum Gasteiger partial charge on any atom is -0.430 e. The first-order chi connectivity index (χ1) is 7.33. The molecule has 0 saturated heterocycles. The molecule has 0 radical (unpaired) electrons. The number of halogens is 5. The lowest BCUT2D eigenvalue weighted by atomic mass is 10.2. The van der Waals surface area contributed by atoms with Crippen LogP contribution < -0.4 is 4.74 Å². The number of rotatable bonds is 4. The first-order valence-electron chi connectivity index (χ1n) is 3.98. The highest BCUT2D eigenvalue weighted by atomic mass is 79.9. The summed E-state index contributed by atoms with van der Waals surface area (Å²) in [4.78, 5) is 10.7. The van der Waals surface area contributed by atoms with Crippen molar-refractivity contribution >= 4 is 32.8 Å². The van der Waals surface area contributed by atoms with Crippen LogP contribution in [0.3, 0.4) is 0 Å². The summed E-state index contributed by atoms with van der Waals surface area (Å²) in [7, 11) is 0. The van der Waals surface area contributed by atoms with Gasteiger partial charge in [0.05, 0.1) is 0 Å². The zero-order valence-electron chi connectivity index (χ0n) is 7.59. The van der Waals surface area contributed by atoms with Crippen LogP contribution in [0.15, 0.2) is 24.3 Å². The van der Waals surface area contributed by atoms with Crippen molar-refractivity contribution < 1.29 is 22.7 Å². The Bertz CT molecular complexity index is 398. The van der Waals surface area contributed by atoms with E-state index in [0.29, 0.717) is 0 Å². The minimum absolute atomic E-state index is 0.0139. The lowest BCUT2D eigenvalue weighted by Gasteiger charge is -2.17. The fourth-order valence-corrected chi connectivity index (χ4v) is 1.09. The maximum atomic E-state index is 12.8. The fourth-order valence-electron chi connectivity index (χ4n) is 0.884. The Balaban J connectivity index is 2.90. The summed E-state index contributed by atoms with van der Waals surface area (Å²) < 4.78 is 42.1. The maximum Gasteiger partial charge on any atom is 0.440 e. The second kappa shape index (κ2) is 5.05. The number of alkyl halides is 4. The zero-order valence-corrected chi connectivity index (χ0v) is 9.93. The quantitative estimate of drug-likeness (QED) is 0.625. The third-order valence-electron chi connectivity index (χ3n) is 1.57. The molecule has 88 valence electrons. The molecule has 16 heavy (non-hydrogen) atoms. The third-order valence-corrected chi connectivity index (χ3v) is 2.32. The van der Waals surface area contributed by atoms with Gasteiger partial charge in [-0.15, -0.1) is 0 Å². The van der Waals surface area contributed by atoms with Gasteiger partial charge in [0, 0.05) is 5.56 Å². The molecule has 1 aromatic rings. The molecule has 1 atom stereocenters. The molecule has 0 amide bonds. The molecule has 0 aliphatic carbocycles. The molecule has 0 heterocycles. The molecule has 2 nitrogen and oxygen atoms in total. The molecule has 1 aromatic carbocycles. The molecular weight excluding hydrogens is 312 g/mol. The van der Waals surface area contributed by atoms with E-state index >= 15 is 0 Å². The molecule has 1 unspecified atom stereocenters. The predicted molar refractivity (Wildman–Crippen MR) is 56.0 cm³/mol. The van der Waals surface area contributed by atoms with E-state index in [4.69, 9.17) is 11.6 Å². The average molecular weight is 317 g/mol. The first-order valence-corrected chi connectivity index (χ1v) is 5.27. The van der Waals surface area contributed by atoms with E-state index in [2.05, 4.69) is 20.7 Å². The van der Waals surface area contributed by atoms with Gasteiger partial charge in [0.25, 0.3) is 10.3 Å². The van der Waals surface area contributed by atoms with Gasteiger partial charge in [-0.1, -0.05) is 6.07 Å². The number of hydrogen-bond acceptors (Lipinski definition) is 2. The maximum absolute atomic E-state index is 12.8. The van der Waals surface area contributed by atoms with E-state index in [1.807, 2.05) is 0 Å². The van der Waals surface area contributed by atoms with Gasteiger partial charge in [-0.05, 0) is 45.7 Å². The topological polar surface area (TPSA) is 26.3 Å². The molecule has 0 aromatic heterocycles. The summed E-state index contributed by atoms with van der Waals surface area (Å²) in [5.74, 6) is -0.349. The van der Waals surface area contributed by atoms with Gasteiger partial charge in [-0.2, -0.15) is 8.78 Å². The fraction of sp³-hybridized carbons (Fsp3) is 0.222. The molecule has 0 bridgehead atoms. The van der Waals surface area contributed by atoms with Gasteiger partial charge in [0.15, 0.2) is 0 Å². The lowest BCUT2D eigenvalue weighted by molar-refractivity contribution is -0.195. The Morgan fingerprint density at radius 3 is 2.62 bits per heavy atom. The van der Waals surface area contributed by atoms with Crippen molar-refractivity contribution in [3.05, 3.63) is 29.8 Å². The van der Waals surface area contributed by atoms with Crippen LogP contribution in [0.1, 0.15) is 10.4 Å². The van der Waals surface area contributed by atoms with Crippen LogP contribution in [-0.4, -0.2) is 16.4 Å². The molecule has 0 aliphatic heterocycles. The number of benzene rings is 1.